The Morgan fingerprint density at radius 1 is 0.571 bits per heavy atom. The van der Waals surface area contributed by atoms with Gasteiger partial charge in [0.2, 0.25) is 0 Å². The molecule has 0 aromatic heterocycles. The monoisotopic (exact) mass is 813 g/mol. The number of aliphatic hydroxyl groups is 2. The van der Waals surface area contributed by atoms with Gasteiger partial charge in [0, 0.05) is 13.0 Å². The smallest absolute Gasteiger partial charge is 0.457 e. The lowest BCUT2D eigenvalue weighted by Crippen LogP contribution is -2.29. The van der Waals surface area contributed by atoms with Crippen LogP contribution >= 0.6 is 7.82 Å². The van der Waals surface area contributed by atoms with Gasteiger partial charge in [-0.1, -0.05) is 184 Å². The molecule has 0 heterocycles. The molecule has 0 aromatic carbocycles. The van der Waals surface area contributed by atoms with Crippen molar-refractivity contribution in [3.63, 3.8) is 0 Å². The molecular weight excluding hydrogens is 727 g/mol. The Hall–Kier alpha value is -1.58. The van der Waals surface area contributed by atoms with Gasteiger partial charge in [-0.2, -0.15) is 0 Å². The van der Waals surface area contributed by atoms with Gasteiger partial charge in [0.1, 0.15) is 12.2 Å². The Morgan fingerprint density at radius 2 is 1.02 bits per heavy atom. The molecule has 0 radical (unpaired) electrons. The fourth-order valence-corrected chi connectivity index (χ4v) is 6.90. The molecule has 0 saturated heterocycles. The standard InChI is InChI=1S/C46H85O9P/c1-3-5-7-9-11-13-15-17-19-20-21-22-23-24-25-26-28-30-32-34-36-38-46(49)55-45(43-54-56(50,51)53-41-44(48)40-47)42-52-39-37-35-33-31-29-27-18-16-14-12-10-8-6-4-2/h5,7,11,13,17,19,21-22,44-45,47-48H,3-4,6,8-10,12,14-16,18,20,23-43H2,1-2H3,(H,50,51)/b7-5-,13-11-,19-17-,22-21-. The van der Waals surface area contributed by atoms with Crippen LogP contribution in [0.4, 0.5) is 0 Å². The van der Waals surface area contributed by atoms with Crippen LogP contribution in [0.25, 0.3) is 0 Å². The molecule has 0 aromatic rings. The summed E-state index contributed by atoms with van der Waals surface area (Å²) >= 11 is 0. The van der Waals surface area contributed by atoms with Gasteiger partial charge >= 0.3 is 13.8 Å². The number of carbonyl (C=O) groups is 1. The zero-order chi connectivity index (χ0) is 41.1. The van der Waals surface area contributed by atoms with E-state index in [9.17, 15) is 19.4 Å². The minimum absolute atomic E-state index is 0.0474. The van der Waals surface area contributed by atoms with Gasteiger partial charge in [-0.25, -0.2) is 4.57 Å². The number of esters is 1. The SMILES string of the molecule is CC/C=C\C/C=C\C/C=C\C/C=C\CCCCCCCCCCC(=O)OC(COCCCCCCCCCCCCCCCC)COP(=O)(O)OCC(O)CO. The Bertz CT molecular complexity index is 1010. The highest BCUT2D eigenvalue weighted by atomic mass is 31.2. The third-order valence-electron chi connectivity index (χ3n) is 9.53. The molecule has 9 nitrogen and oxygen atoms in total. The fourth-order valence-electron chi connectivity index (χ4n) is 6.11. The quantitative estimate of drug-likeness (QED) is 0.0238. The summed E-state index contributed by atoms with van der Waals surface area (Å²) in [5.74, 6) is -0.390. The molecule has 3 N–H and O–H groups in total. The summed E-state index contributed by atoms with van der Waals surface area (Å²) in [5.41, 5.74) is 0. The maximum absolute atomic E-state index is 12.6. The lowest BCUT2D eigenvalue weighted by molar-refractivity contribution is -0.154. The first kappa shape index (κ1) is 54.4. The molecule has 0 saturated carbocycles. The van der Waals surface area contributed by atoms with Crippen molar-refractivity contribution in [2.24, 2.45) is 0 Å². The summed E-state index contributed by atoms with van der Waals surface area (Å²) in [6, 6.07) is 0. The van der Waals surface area contributed by atoms with Gasteiger partial charge in [-0.15, -0.1) is 0 Å². The molecule has 0 amide bonds. The maximum atomic E-state index is 12.6. The molecule has 0 rings (SSSR count). The summed E-state index contributed by atoms with van der Waals surface area (Å²) in [6.45, 7) is 3.41. The summed E-state index contributed by atoms with van der Waals surface area (Å²) in [4.78, 5) is 22.6. The Labute approximate surface area is 343 Å². The van der Waals surface area contributed by atoms with Crippen molar-refractivity contribution in [2.45, 2.75) is 206 Å². The number of phosphoric ester groups is 1. The van der Waals surface area contributed by atoms with Crippen molar-refractivity contribution >= 4 is 13.8 Å². The van der Waals surface area contributed by atoms with E-state index in [2.05, 4.69) is 62.5 Å². The molecule has 56 heavy (non-hydrogen) atoms. The molecular formula is C46H85O9P. The van der Waals surface area contributed by atoms with Crippen LogP contribution in [0.1, 0.15) is 194 Å². The number of allylic oxidation sites excluding steroid dienone is 8. The maximum Gasteiger partial charge on any atom is 0.472 e. The van der Waals surface area contributed by atoms with Crippen LogP contribution in [0, 0.1) is 0 Å². The van der Waals surface area contributed by atoms with Crippen LogP contribution in [-0.4, -0.2) is 66.3 Å². The van der Waals surface area contributed by atoms with E-state index in [1.807, 2.05) is 0 Å². The van der Waals surface area contributed by atoms with Crippen molar-refractivity contribution in [1.29, 1.82) is 0 Å². The normalized spacial score (nSPS) is 14.4. The van der Waals surface area contributed by atoms with Gasteiger partial charge in [-0.05, 0) is 51.4 Å². The minimum Gasteiger partial charge on any atom is -0.457 e. The number of unbranched alkanes of at least 4 members (excludes halogenated alkanes) is 21. The van der Waals surface area contributed by atoms with Crippen LogP contribution in [0.5, 0.6) is 0 Å². The van der Waals surface area contributed by atoms with Crippen molar-refractivity contribution in [2.75, 3.05) is 33.0 Å². The first-order chi connectivity index (χ1) is 27.3. The highest BCUT2D eigenvalue weighted by molar-refractivity contribution is 7.47. The average molecular weight is 813 g/mol. The summed E-state index contributed by atoms with van der Waals surface area (Å²) in [7, 11) is -4.52. The van der Waals surface area contributed by atoms with Crippen LogP contribution in [0.2, 0.25) is 0 Å². The van der Waals surface area contributed by atoms with E-state index in [1.165, 1.54) is 103 Å². The highest BCUT2D eigenvalue weighted by Crippen LogP contribution is 2.43. The average Bonchev–Trinajstić information content (AvgIpc) is 3.19. The fraction of sp³-hybridized carbons (Fsp3) is 0.804. The molecule has 0 aliphatic carbocycles. The Morgan fingerprint density at radius 3 is 1.54 bits per heavy atom. The second-order valence-corrected chi connectivity index (χ2v) is 16.5. The van der Waals surface area contributed by atoms with Crippen molar-refractivity contribution in [3.05, 3.63) is 48.6 Å². The Kier molecular flexibility index (Phi) is 41.8. The van der Waals surface area contributed by atoms with Crippen LogP contribution in [0.3, 0.4) is 0 Å². The molecule has 3 unspecified atom stereocenters. The van der Waals surface area contributed by atoms with E-state index in [1.54, 1.807) is 0 Å². The predicted molar refractivity (Wildman–Crippen MR) is 233 cm³/mol. The van der Waals surface area contributed by atoms with Gasteiger partial charge in [-0.3, -0.25) is 13.8 Å². The minimum atomic E-state index is -4.52. The topological polar surface area (TPSA) is 132 Å². The largest absolute Gasteiger partial charge is 0.472 e. The molecule has 328 valence electrons. The number of carbonyl (C=O) groups excluding carboxylic acids is 1. The zero-order valence-electron chi connectivity index (χ0n) is 35.8. The van der Waals surface area contributed by atoms with Crippen LogP contribution in [0.15, 0.2) is 48.6 Å². The first-order valence-corrected chi connectivity index (χ1v) is 24.1. The van der Waals surface area contributed by atoms with E-state index in [-0.39, 0.29) is 25.6 Å². The molecule has 0 aliphatic heterocycles. The van der Waals surface area contributed by atoms with E-state index < -0.39 is 33.2 Å². The number of rotatable bonds is 43. The van der Waals surface area contributed by atoms with E-state index in [4.69, 9.17) is 23.6 Å². The molecule has 0 aliphatic rings. The number of aliphatic hydroxyl groups excluding tert-OH is 2. The van der Waals surface area contributed by atoms with Crippen molar-refractivity contribution in [3.8, 4) is 0 Å². The van der Waals surface area contributed by atoms with Gasteiger partial charge in [0.25, 0.3) is 0 Å². The van der Waals surface area contributed by atoms with E-state index in [0.717, 1.165) is 70.6 Å². The number of phosphoric acid groups is 1. The molecule has 3 atom stereocenters. The molecule has 0 spiro atoms. The lowest BCUT2D eigenvalue weighted by atomic mass is 10.0. The van der Waals surface area contributed by atoms with E-state index >= 15 is 0 Å². The molecule has 0 fully saturated rings. The lowest BCUT2D eigenvalue weighted by Gasteiger charge is -2.20. The van der Waals surface area contributed by atoms with Gasteiger partial charge in [0.05, 0.1) is 26.4 Å². The third kappa shape index (κ3) is 42.0. The van der Waals surface area contributed by atoms with Gasteiger partial charge in [0.15, 0.2) is 0 Å². The highest BCUT2D eigenvalue weighted by Gasteiger charge is 2.26. The molecule has 10 heteroatoms. The van der Waals surface area contributed by atoms with Crippen molar-refractivity contribution in [1.82, 2.24) is 0 Å². The van der Waals surface area contributed by atoms with Gasteiger partial charge < -0.3 is 24.6 Å². The summed E-state index contributed by atoms with van der Waals surface area (Å²) in [6.07, 6.45) is 47.8. The molecule has 0 bridgehead atoms. The van der Waals surface area contributed by atoms with E-state index in [0.29, 0.717) is 6.61 Å². The third-order valence-corrected chi connectivity index (χ3v) is 10.5. The van der Waals surface area contributed by atoms with Crippen molar-refractivity contribution < 1.29 is 43.0 Å². The Balaban J connectivity index is 4.14. The second-order valence-electron chi connectivity index (χ2n) is 15.0. The second kappa shape index (κ2) is 43.0. The number of hydrogen-bond acceptors (Lipinski definition) is 8. The number of ether oxygens (including phenoxy) is 2. The van der Waals surface area contributed by atoms with Crippen LogP contribution < -0.4 is 0 Å². The summed E-state index contributed by atoms with van der Waals surface area (Å²) in [5, 5.41) is 18.4. The summed E-state index contributed by atoms with van der Waals surface area (Å²) < 4.78 is 33.4. The zero-order valence-corrected chi connectivity index (χ0v) is 36.7. The predicted octanol–water partition coefficient (Wildman–Crippen LogP) is 12.6. The first-order valence-electron chi connectivity index (χ1n) is 22.6. The number of hydrogen-bond donors (Lipinski definition) is 3. The van der Waals surface area contributed by atoms with Crippen LogP contribution in [-0.2, 0) is 27.9 Å².